The van der Waals surface area contributed by atoms with Gasteiger partial charge in [-0.3, -0.25) is 4.90 Å². The molecule has 2 aromatic heterocycles. The molecule has 2 fully saturated rings. The van der Waals surface area contributed by atoms with Crippen molar-refractivity contribution in [3.05, 3.63) is 89.3 Å². The number of carbonyl (C=O) groups excluding carboxylic acids is 1. The predicted octanol–water partition coefficient (Wildman–Crippen LogP) is 7.81. The van der Waals surface area contributed by atoms with Gasteiger partial charge in [0.2, 0.25) is 0 Å². The lowest BCUT2D eigenvalue weighted by Gasteiger charge is -2.39. The Morgan fingerprint density at radius 2 is 1.82 bits per heavy atom. The Hall–Kier alpha value is -4.10. The van der Waals surface area contributed by atoms with Crippen LogP contribution in [0.2, 0.25) is 0 Å². The standard InChI is InChI=1S/C37H42N4O3/c1-37(2)14-12-29(33(22-37)27-8-6-26(7-9-27)25-4-5-25)24-40-16-18-41(19-17-40)30-10-11-32(36(42)43-3)34(21-30)44-31-20-28-13-15-38-35(28)39-23-31/h6-11,13,15,20-21,23,25H,4-5,12,14,16-19,22,24H2,1-3H3,(H,38,39). The number of esters is 1. The van der Waals surface area contributed by atoms with Crippen molar-refractivity contribution < 1.29 is 14.3 Å². The highest BCUT2D eigenvalue weighted by Crippen LogP contribution is 2.45. The first-order valence-corrected chi connectivity index (χ1v) is 16.0. The van der Waals surface area contributed by atoms with E-state index in [2.05, 4.69) is 57.9 Å². The monoisotopic (exact) mass is 590 g/mol. The Balaban J connectivity index is 1.06. The van der Waals surface area contributed by atoms with Gasteiger partial charge in [0.25, 0.3) is 0 Å². The molecule has 228 valence electrons. The summed E-state index contributed by atoms with van der Waals surface area (Å²) in [5, 5.41) is 0.949. The van der Waals surface area contributed by atoms with Crippen molar-refractivity contribution in [2.24, 2.45) is 5.41 Å². The fraction of sp³-hybridized carbons (Fsp3) is 0.405. The number of benzene rings is 2. The Kier molecular flexibility index (Phi) is 7.67. The molecule has 0 amide bonds. The Labute approximate surface area is 259 Å². The average molecular weight is 591 g/mol. The average Bonchev–Trinajstić information content (AvgIpc) is 3.79. The molecule has 2 aromatic carbocycles. The molecule has 1 N–H and O–H groups in total. The third-order valence-electron chi connectivity index (χ3n) is 9.62. The number of pyridine rings is 1. The summed E-state index contributed by atoms with van der Waals surface area (Å²) in [6, 6.07) is 19.1. The largest absolute Gasteiger partial charge is 0.465 e. The zero-order chi connectivity index (χ0) is 30.3. The van der Waals surface area contributed by atoms with E-state index >= 15 is 0 Å². The molecular weight excluding hydrogens is 548 g/mol. The van der Waals surface area contributed by atoms with Crippen molar-refractivity contribution in [2.75, 3.05) is 44.7 Å². The fourth-order valence-corrected chi connectivity index (χ4v) is 6.79. The zero-order valence-electron chi connectivity index (χ0n) is 26.1. The van der Waals surface area contributed by atoms with Crippen LogP contribution in [-0.2, 0) is 4.74 Å². The fourth-order valence-electron chi connectivity index (χ4n) is 6.79. The normalized spacial score (nSPS) is 18.9. The topological polar surface area (TPSA) is 70.7 Å². The van der Waals surface area contributed by atoms with Crippen molar-refractivity contribution >= 4 is 28.3 Å². The predicted molar refractivity (Wildman–Crippen MR) is 176 cm³/mol. The SMILES string of the molecule is COC(=O)c1ccc(N2CCN(CC3=C(c4ccc(C5CC5)cc4)CC(C)(C)CC3)CC2)cc1Oc1cnc2[nH]ccc2c1. The van der Waals surface area contributed by atoms with E-state index in [1.807, 2.05) is 30.5 Å². The van der Waals surface area contributed by atoms with Gasteiger partial charge in [0.15, 0.2) is 0 Å². The smallest absolute Gasteiger partial charge is 0.341 e. The van der Waals surface area contributed by atoms with E-state index in [0.717, 1.165) is 61.8 Å². The van der Waals surface area contributed by atoms with Crippen LogP contribution >= 0.6 is 0 Å². The van der Waals surface area contributed by atoms with Gasteiger partial charge in [-0.1, -0.05) is 43.7 Å². The van der Waals surface area contributed by atoms with Crippen molar-refractivity contribution in [1.82, 2.24) is 14.9 Å². The minimum absolute atomic E-state index is 0.340. The summed E-state index contributed by atoms with van der Waals surface area (Å²) in [7, 11) is 1.39. The summed E-state index contributed by atoms with van der Waals surface area (Å²) in [6.07, 6.45) is 9.77. The van der Waals surface area contributed by atoms with Crippen LogP contribution in [0.25, 0.3) is 16.6 Å². The van der Waals surface area contributed by atoms with E-state index in [-0.39, 0.29) is 0 Å². The first-order chi connectivity index (χ1) is 21.3. The van der Waals surface area contributed by atoms with Gasteiger partial charge in [-0.25, -0.2) is 9.78 Å². The number of fused-ring (bicyclic) bond motifs is 1. The van der Waals surface area contributed by atoms with E-state index in [9.17, 15) is 4.79 Å². The molecule has 7 rings (SSSR count). The molecule has 44 heavy (non-hydrogen) atoms. The van der Waals surface area contributed by atoms with Crippen LogP contribution in [0, 0.1) is 5.41 Å². The molecule has 7 heteroatoms. The second kappa shape index (κ2) is 11.8. The van der Waals surface area contributed by atoms with Crippen LogP contribution in [0.15, 0.2) is 72.6 Å². The summed E-state index contributed by atoms with van der Waals surface area (Å²) in [6.45, 7) is 9.68. The van der Waals surface area contributed by atoms with Crippen molar-refractivity contribution in [1.29, 1.82) is 0 Å². The first-order valence-electron chi connectivity index (χ1n) is 16.0. The molecular formula is C37H42N4O3. The van der Waals surface area contributed by atoms with Crippen molar-refractivity contribution in [3.8, 4) is 11.5 Å². The second-order valence-corrected chi connectivity index (χ2v) is 13.4. The zero-order valence-corrected chi connectivity index (χ0v) is 26.1. The molecule has 1 aliphatic heterocycles. The Morgan fingerprint density at radius 1 is 1.02 bits per heavy atom. The Bertz CT molecular complexity index is 1690. The van der Waals surface area contributed by atoms with E-state index in [1.54, 1.807) is 23.4 Å². The van der Waals surface area contributed by atoms with Gasteiger partial charge in [-0.2, -0.15) is 0 Å². The minimum Gasteiger partial charge on any atom is -0.465 e. The molecule has 3 aliphatic rings. The van der Waals surface area contributed by atoms with Crippen LogP contribution in [0.1, 0.15) is 73.4 Å². The van der Waals surface area contributed by atoms with Gasteiger partial charge in [-0.05, 0) is 84.4 Å². The number of H-pyrrole nitrogens is 1. The van der Waals surface area contributed by atoms with Crippen LogP contribution in [-0.4, -0.2) is 60.7 Å². The van der Waals surface area contributed by atoms with E-state index in [0.29, 0.717) is 22.5 Å². The highest BCUT2D eigenvalue weighted by atomic mass is 16.5. The lowest BCUT2D eigenvalue weighted by atomic mass is 9.72. The maximum absolute atomic E-state index is 12.6. The van der Waals surface area contributed by atoms with E-state index in [1.165, 1.54) is 43.9 Å². The molecule has 1 saturated carbocycles. The van der Waals surface area contributed by atoms with Gasteiger partial charge in [0.1, 0.15) is 22.7 Å². The van der Waals surface area contributed by atoms with E-state index in [4.69, 9.17) is 9.47 Å². The molecule has 0 bridgehead atoms. The maximum Gasteiger partial charge on any atom is 0.341 e. The lowest BCUT2D eigenvalue weighted by molar-refractivity contribution is 0.0598. The number of carbonyl (C=O) groups is 1. The second-order valence-electron chi connectivity index (χ2n) is 13.4. The molecule has 2 aliphatic carbocycles. The molecule has 7 nitrogen and oxygen atoms in total. The van der Waals surface area contributed by atoms with Crippen molar-refractivity contribution in [3.63, 3.8) is 0 Å². The van der Waals surface area contributed by atoms with Gasteiger partial charge in [-0.15, -0.1) is 0 Å². The first kappa shape index (κ1) is 28.7. The quantitative estimate of drug-likeness (QED) is 0.211. The summed E-state index contributed by atoms with van der Waals surface area (Å²) in [4.78, 5) is 25.1. The number of hydrogen-bond acceptors (Lipinski definition) is 6. The molecule has 0 radical (unpaired) electrons. The van der Waals surface area contributed by atoms with Crippen LogP contribution < -0.4 is 9.64 Å². The minimum atomic E-state index is -0.422. The number of rotatable bonds is 8. The number of aromatic amines is 1. The number of piperazine rings is 1. The molecule has 0 spiro atoms. The number of aromatic nitrogens is 2. The number of anilines is 1. The Morgan fingerprint density at radius 3 is 2.57 bits per heavy atom. The summed E-state index contributed by atoms with van der Waals surface area (Å²) < 4.78 is 11.3. The van der Waals surface area contributed by atoms with Crippen LogP contribution in [0.4, 0.5) is 5.69 Å². The highest BCUT2D eigenvalue weighted by molar-refractivity contribution is 5.93. The lowest BCUT2D eigenvalue weighted by Crippen LogP contribution is -2.47. The molecule has 3 heterocycles. The third-order valence-corrected chi connectivity index (χ3v) is 9.62. The number of ether oxygens (including phenoxy) is 2. The maximum atomic E-state index is 12.6. The molecule has 0 unspecified atom stereocenters. The summed E-state index contributed by atoms with van der Waals surface area (Å²) in [5.74, 6) is 1.42. The summed E-state index contributed by atoms with van der Waals surface area (Å²) in [5.41, 5.74) is 8.68. The van der Waals surface area contributed by atoms with Crippen molar-refractivity contribution in [2.45, 2.75) is 51.9 Å². The highest BCUT2D eigenvalue weighted by Gasteiger charge is 2.30. The molecule has 0 atom stereocenters. The van der Waals surface area contributed by atoms with E-state index < -0.39 is 5.97 Å². The van der Waals surface area contributed by atoms with Crippen LogP contribution in [0.5, 0.6) is 11.5 Å². The van der Waals surface area contributed by atoms with Gasteiger partial charge in [0.05, 0.1) is 13.3 Å². The third kappa shape index (κ3) is 6.11. The summed E-state index contributed by atoms with van der Waals surface area (Å²) >= 11 is 0. The number of nitrogens with one attached hydrogen (secondary N) is 1. The van der Waals surface area contributed by atoms with Gasteiger partial charge in [0, 0.05) is 56.1 Å². The molecule has 4 aromatic rings. The number of hydrogen-bond donors (Lipinski definition) is 1. The number of allylic oxidation sites excluding steroid dienone is 1. The number of methoxy groups -OCH3 is 1. The molecule has 1 saturated heterocycles. The van der Waals surface area contributed by atoms with Gasteiger partial charge >= 0.3 is 5.97 Å². The van der Waals surface area contributed by atoms with Crippen LogP contribution in [0.3, 0.4) is 0 Å². The number of nitrogens with zero attached hydrogens (tertiary/aromatic N) is 3. The van der Waals surface area contributed by atoms with Gasteiger partial charge < -0.3 is 19.4 Å².